The second-order valence-electron chi connectivity index (χ2n) is 12.9. The van der Waals surface area contributed by atoms with Crippen molar-refractivity contribution in [2.24, 2.45) is 40.5 Å². The number of rotatable bonds is 5. The Morgan fingerprint density at radius 2 is 1.65 bits per heavy atom. The number of H-pyrrole nitrogens is 1. The monoisotopic (exact) mass is 550 g/mol. The molecule has 1 aromatic rings. The van der Waals surface area contributed by atoms with Crippen LogP contribution in [0.2, 0.25) is 0 Å². The number of allylic oxidation sites excluding steroid dienone is 1. The second kappa shape index (κ2) is 11.3. The molecule has 0 bridgehead atoms. The van der Waals surface area contributed by atoms with Gasteiger partial charge in [0.15, 0.2) is 5.90 Å². The molecule has 1 saturated carbocycles. The van der Waals surface area contributed by atoms with Gasteiger partial charge in [-0.25, -0.2) is 4.99 Å². The third-order valence-electron chi connectivity index (χ3n) is 10.1. The van der Waals surface area contributed by atoms with Crippen LogP contribution in [0, 0.1) is 35.5 Å². The molecule has 4 aliphatic heterocycles. The fourth-order valence-electron chi connectivity index (χ4n) is 7.40. The fraction of sp³-hybridized carbons (Fsp3) is 0.767. The first kappa shape index (κ1) is 26.2. The third-order valence-corrected chi connectivity index (χ3v) is 10.1. The van der Waals surface area contributed by atoms with E-state index in [1.807, 2.05) is 0 Å². The van der Waals surface area contributed by atoms with E-state index >= 15 is 0 Å². The Hall–Kier alpha value is -2.75. The molecule has 4 unspecified atom stereocenters. The van der Waals surface area contributed by atoms with E-state index in [0.717, 1.165) is 114 Å². The summed E-state index contributed by atoms with van der Waals surface area (Å²) in [5.74, 6) is 3.02. The minimum absolute atomic E-state index is 0.0151. The molecular formula is C30H42N6O4. The van der Waals surface area contributed by atoms with Gasteiger partial charge in [0.1, 0.15) is 0 Å². The Kier molecular flexibility index (Phi) is 7.37. The van der Waals surface area contributed by atoms with Crippen LogP contribution in [0.1, 0.15) is 62.8 Å². The summed E-state index contributed by atoms with van der Waals surface area (Å²) in [7, 11) is 0. The normalized spacial score (nSPS) is 31.1. The van der Waals surface area contributed by atoms with Gasteiger partial charge in [-0.05, 0) is 75.2 Å². The molecule has 0 aromatic carbocycles. The van der Waals surface area contributed by atoms with E-state index in [1.165, 1.54) is 0 Å². The number of nitrogens with one attached hydrogen (secondary N) is 1. The van der Waals surface area contributed by atoms with Crippen LogP contribution in [0.15, 0.2) is 16.8 Å². The number of likely N-dealkylation sites (tertiary alicyclic amines) is 2. The molecule has 3 saturated heterocycles. The smallest absolute Gasteiger partial charge is 0.230 e. The standard InChI is InChI=1S/C30H42N6O4/c37-29(21-3-4-25-27(13-21)33-34-32-25)36-16-22-5-9-35(10-6-23(22)17-36)30(38)24-14-26(20-1-2-20)31-28(15-24)40-18-19-7-11-39-12-8-19/h14,19-24H,1-13,15-18H2,(H,32,33,34). The molecule has 10 heteroatoms. The van der Waals surface area contributed by atoms with Gasteiger partial charge in [-0.15, -0.1) is 0 Å². The molecule has 6 aliphatic rings. The first-order valence-electron chi connectivity index (χ1n) is 15.6. The highest BCUT2D eigenvalue weighted by molar-refractivity contribution is 5.89. The lowest BCUT2D eigenvalue weighted by molar-refractivity contribution is -0.136. The zero-order valence-electron chi connectivity index (χ0n) is 23.4. The molecule has 40 heavy (non-hydrogen) atoms. The average Bonchev–Trinajstić information content (AvgIpc) is 3.66. The van der Waals surface area contributed by atoms with Gasteiger partial charge in [0, 0.05) is 69.8 Å². The summed E-state index contributed by atoms with van der Waals surface area (Å²) in [6, 6.07) is 0. The molecule has 4 fully saturated rings. The number of aromatic amines is 1. The van der Waals surface area contributed by atoms with Crippen molar-refractivity contribution in [1.82, 2.24) is 25.2 Å². The van der Waals surface area contributed by atoms with E-state index in [9.17, 15) is 9.59 Å². The first-order valence-corrected chi connectivity index (χ1v) is 15.6. The number of aliphatic imine (C=N–C) groups is 1. The van der Waals surface area contributed by atoms with E-state index < -0.39 is 0 Å². The predicted molar refractivity (Wildman–Crippen MR) is 147 cm³/mol. The lowest BCUT2D eigenvalue weighted by atomic mass is 9.89. The van der Waals surface area contributed by atoms with Crippen LogP contribution in [-0.4, -0.2) is 88.9 Å². The molecule has 216 valence electrons. The van der Waals surface area contributed by atoms with Crippen LogP contribution < -0.4 is 0 Å². The number of aryl methyl sites for hydroxylation is 1. The topological polar surface area (TPSA) is 113 Å². The van der Waals surface area contributed by atoms with Gasteiger partial charge >= 0.3 is 0 Å². The summed E-state index contributed by atoms with van der Waals surface area (Å²) >= 11 is 0. The third kappa shape index (κ3) is 5.56. The van der Waals surface area contributed by atoms with Crippen molar-refractivity contribution in [3.63, 3.8) is 0 Å². The number of carbonyl (C=O) groups excluding carboxylic acids is 2. The number of ether oxygens (including phenoxy) is 2. The number of aromatic nitrogens is 3. The van der Waals surface area contributed by atoms with Crippen LogP contribution >= 0.6 is 0 Å². The molecule has 0 radical (unpaired) electrons. The summed E-state index contributed by atoms with van der Waals surface area (Å²) < 4.78 is 11.7. The maximum Gasteiger partial charge on any atom is 0.230 e. The van der Waals surface area contributed by atoms with E-state index in [-0.39, 0.29) is 23.7 Å². The molecule has 2 amide bonds. The van der Waals surface area contributed by atoms with Gasteiger partial charge in [-0.1, -0.05) is 0 Å². The minimum atomic E-state index is -0.179. The van der Waals surface area contributed by atoms with Crippen molar-refractivity contribution in [2.75, 3.05) is 46.0 Å². The van der Waals surface area contributed by atoms with Crippen LogP contribution in [0.4, 0.5) is 0 Å². The molecule has 4 atom stereocenters. The van der Waals surface area contributed by atoms with Crippen molar-refractivity contribution in [3.8, 4) is 0 Å². The van der Waals surface area contributed by atoms with Crippen molar-refractivity contribution >= 4 is 17.7 Å². The zero-order chi connectivity index (χ0) is 27.1. The van der Waals surface area contributed by atoms with Crippen molar-refractivity contribution in [1.29, 1.82) is 0 Å². The molecule has 0 spiro atoms. The molecule has 2 aliphatic carbocycles. The van der Waals surface area contributed by atoms with Gasteiger partial charge in [0.25, 0.3) is 0 Å². The summed E-state index contributed by atoms with van der Waals surface area (Å²) in [6.07, 6.45) is 11.4. The number of amides is 2. The molecule has 1 aromatic heterocycles. The Morgan fingerprint density at radius 1 is 0.900 bits per heavy atom. The number of hydrogen-bond donors (Lipinski definition) is 1. The Balaban J connectivity index is 0.936. The van der Waals surface area contributed by atoms with E-state index in [2.05, 4.69) is 31.3 Å². The van der Waals surface area contributed by atoms with Crippen molar-refractivity contribution < 1.29 is 19.1 Å². The number of fused-ring (bicyclic) bond motifs is 2. The van der Waals surface area contributed by atoms with Crippen LogP contribution in [-0.2, 0) is 31.9 Å². The lowest BCUT2D eigenvalue weighted by Gasteiger charge is -2.29. The maximum atomic E-state index is 13.8. The van der Waals surface area contributed by atoms with Gasteiger partial charge in [-0.3, -0.25) is 9.59 Å². The van der Waals surface area contributed by atoms with Gasteiger partial charge in [0.2, 0.25) is 11.8 Å². The summed E-state index contributed by atoms with van der Waals surface area (Å²) in [6.45, 7) is 5.46. The highest BCUT2D eigenvalue weighted by atomic mass is 16.5. The first-order chi connectivity index (χ1) is 19.6. The van der Waals surface area contributed by atoms with Gasteiger partial charge in [0.05, 0.1) is 23.9 Å². The average molecular weight is 551 g/mol. The van der Waals surface area contributed by atoms with Gasteiger partial charge in [-0.2, -0.15) is 15.4 Å². The van der Waals surface area contributed by atoms with Crippen LogP contribution in [0.5, 0.6) is 0 Å². The number of hydrogen-bond acceptors (Lipinski definition) is 7. The number of nitrogens with zero attached hydrogens (tertiary/aromatic N) is 5. The van der Waals surface area contributed by atoms with E-state index in [4.69, 9.17) is 14.5 Å². The molecule has 7 rings (SSSR count). The quantitative estimate of drug-likeness (QED) is 0.603. The molecular weight excluding hydrogens is 508 g/mol. The zero-order valence-corrected chi connectivity index (χ0v) is 23.4. The Labute approximate surface area is 235 Å². The Bertz CT molecular complexity index is 1150. The fourth-order valence-corrected chi connectivity index (χ4v) is 7.40. The summed E-state index contributed by atoms with van der Waals surface area (Å²) in [4.78, 5) is 36.2. The molecule has 10 nitrogen and oxygen atoms in total. The summed E-state index contributed by atoms with van der Waals surface area (Å²) in [5.41, 5.74) is 3.03. The summed E-state index contributed by atoms with van der Waals surface area (Å²) in [5, 5.41) is 11.2. The van der Waals surface area contributed by atoms with Crippen LogP contribution in [0.25, 0.3) is 0 Å². The minimum Gasteiger partial charge on any atom is -0.480 e. The largest absolute Gasteiger partial charge is 0.480 e. The molecule has 1 N–H and O–H groups in total. The van der Waals surface area contributed by atoms with Crippen LogP contribution in [0.3, 0.4) is 0 Å². The lowest BCUT2D eigenvalue weighted by Crippen LogP contribution is -2.40. The highest BCUT2D eigenvalue weighted by Gasteiger charge is 2.41. The van der Waals surface area contributed by atoms with E-state index in [0.29, 0.717) is 43.1 Å². The molecule has 5 heterocycles. The highest BCUT2D eigenvalue weighted by Crippen LogP contribution is 2.40. The predicted octanol–water partition coefficient (Wildman–Crippen LogP) is 2.76. The second-order valence-corrected chi connectivity index (χ2v) is 12.9. The maximum absolute atomic E-state index is 13.8. The van der Waals surface area contributed by atoms with Crippen molar-refractivity contribution in [3.05, 3.63) is 23.2 Å². The van der Waals surface area contributed by atoms with E-state index in [1.54, 1.807) is 0 Å². The van der Waals surface area contributed by atoms with Crippen molar-refractivity contribution in [2.45, 2.75) is 64.2 Å². The SMILES string of the molecule is O=C(C1C=C(C2CC2)N=C(OCC2CCOCC2)C1)N1CCC2CN(C(=O)C3CCc4n[nH]nc4C3)CC2CC1. The van der Waals surface area contributed by atoms with Gasteiger partial charge < -0.3 is 19.3 Å². The Morgan fingerprint density at radius 3 is 2.40 bits per heavy atom. The number of carbonyl (C=O) groups is 2.